The molecule has 32 heavy (non-hydrogen) atoms. The third-order valence-electron chi connectivity index (χ3n) is 5.48. The van der Waals surface area contributed by atoms with Crippen LogP contribution in [0.3, 0.4) is 0 Å². The molecule has 0 aliphatic carbocycles. The van der Waals surface area contributed by atoms with Gasteiger partial charge in [0.2, 0.25) is 0 Å². The fourth-order valence-electron chi connectivity index (χ4n) is 3.77. The summed E-state index contributed by atoms with van der Waals surface area (Å²) in [6, 6.07) is 38.8. The minimum absolute atomic E-state index is 0.0407. The first kappa shape index (κ1) is 22.4. The Morgan fingerprint density at radius 3 is 1.12 bits per heavy atom. The van der Waals surface area contributed by atoms with Crippen molar-refractivity contribution in [3.63, 3.8) is 0 Å². The predicted octanol–water partition coefficient (Wildman–Crippen LogP) is 8.14. The van der Waals surface area contributed by atoms with E-state index in [2.05, 4.69) is 132 Å². The highest BCUT2D eigenvalue weighted by Gasteiger charge is 2.25. The van der Waals surface area contributed by atoms with E-state index in [0.29, 0.717) is 0 Å². The Morgan fingerprint density at radius 1 is 0.469 bits per heavy atom. The highest BCUT2D eigenvalue weighted by molar-refractivity contribution is 7.98. The van der Waals surface area contributed by atoms with Gasteiger partial charge in [0, 0.05) is 21.2 Å². The van der Waals surface area contributed by atoms with Gasteiger partial charge in [-0.1, -0.05) is 60.7 Å². The summed E-state index contributed by atoms with van der Waals surface area (Å²) in [5.41, 5.74) is 4.70. The second kappa shape index (κ2) is 11.2. The first-order valence-electron chi connectivity index (χ1n) is 10.7. The van der Waals surface area contributed by atoms with Crippen LogP contribution < -0.4 is 10.6 Å². The Kier molecular flexibility index (Phi) is 7.81. The van der Waals surface area contributed by atoms with Gasteiger partial charge in [0.05, 0.1) is 12.1 Å². The molecule has 0 heterocycles. The smallest absolute Gasteiger partial charge is 0.0757 e. The van der Waals surface area contributed by atoms with Crippen molar-refractivity contribution in [2.24, 2.45) is 0 Å². The van der Waals surface area contributed by atoms with Crippen molar-refractivity contribution in [1.29, 1.82) is 0 Å². The minimum atomic E-state index is 0.0407. The molecule has 4 aromatic rings. The van der Waals surface area contributed by atoms with Crippen molar-refractivity contribution < 1.29 is 0 Å². The van der Waals surface area contributed by atoms with Crippen molar-refractivity contribution in [1.82, 2.24) is 0 Å². The first-order valence-corrected chi connectivity index (χ1v) is 13.1. The van der Waals surface area contributed by atoms with E-state index in [1.165, 1.54) is 20.9 Å². The molecule has 2 N–H and O–H groups in total. The summed E-state index contributed by atoms with van der Waals surface area (Å²) in [4.78, 5) is 2.52. The number of nitrogens with one attached hydrogen (secondary N) is 2. The zero-order valence-corrected chi connectivity index (χ0v) is 20.0. The van der Waals surface area contributed by atoms with Gasteiger partial charge in [-0.05, 0) is 72.2 Å². The molecule has 0 aromatic heterocycles. The molecule has 0 bridgehead atoms. The third kappa shape index (κ3) is 5.70. The van der Waals surface area contributed by atoms with Gasteiger partial charge < -0.3 is 10.6 Å². The number of hydrogen-bond acceptors (Lipinski definition) is 4. The number of rotatable bonds is 9. The van der Waals surface area contributed by atoms with Crippen molar-refractivity contribution in [3.05, 3.63) is 120 Å². The summed E-state index contributed by atoms with van der Waals surface area (Å²) in [5.74, 6) is 0. The predicted molar refractivity (Wildman–Crippen MR) is 142 cm³/mol. The van der Waals surface area contributed by atoms with Crippen LogP contribution in [-0.2, 0) is 0 Å². The van der Waals surface area contributed by atoms with Crippen LogP contribution in [-0.4, -0.2) is 12.5 Å². The lowest BCUT2D eigenvalue weighted by Gasteiger charge is -2.31. The summed E-state index contributed by atoms with van der Waals surface area (Å²) in [5, 5.41) is 7.62. The van der Waals surface area contributed by atoms with Crippen LogP contribution in [0.5, 0.6) is 0 Å². The maximum atomic E-state index is 3.81. The molecule has 0 amide bonds. The minimum Gasteiger partial charge on any atom is -0.376 e. The fraction of sp³-hybridized carbons (Fsp3) is 0.143. The normalized spacial score (nSPS) is 12.7. The molecule has 0 radical (unpaired) electrons. The van der Waals surface area contributed by atoms with E-state index in [0.717, 1.165) is 11.4 Å². The van der Waals surface area contributed by atoms with E-state index in [4.69, 9.17) is 0 Å². The molecule has 2 unspecified atom stereocenters. The van der Waals surface area contributed by atoms with Crippen molar-refractivity contribution in [3.8, 4) is 0 Å². The molecule has 4 rings (SSSR count). The fourth-order valence-corrected chi connectivity index (χ4v) is 4.59. The lowest BCUT2D eigenvalue weighted by atomic mass is 9.92. The van der Waals surface area contributed by atoms with Crippen molar-refractivity contribution >= 4 is 34.9 Å². The Balaban J connectivity index is 1.72. The molecule has 2 nitrogen and oxygen atoms in total. The summed E-state index contributed by atoms with van der Waals surface area (Å²) in [7, 11) is 0. The number of anilines is 2. The molecule has 4 heteroatoms. The Morgan fingerprint density at radius 2 is 0.812 bits per heavy atom. The molecule has 0 spiro atoms. The van der Waals surface area contributed by atoms with Gasteiger partial charge in [-0.3, -0.25) is 0 Å². The van der Waals surface area contributed by atoms with Gasteiger partial charge in [0.25, 0.3) is 0 Å². The van der Waals surface area contributed by atoms with Crippen LogP contribution in [0, 0.1) is 0 Å². The van der Waals surface area contributed by atoms with Gasteiger partial charge in [0.1, 0.15) is 0 Å². The Hall–Kier alpha value is -2.82. The highest BCUT2D eigenvalue weighted by Crippen LogP contribution is 2.35. The van der Waals surface area contributed by atoms with Crippen LogP contribution in [0.4, 0.5) is 11.4 Å². The molecule has 0 aliphatic heterocycles. The Labute approximate surface area is 199 Å². The van der Waals surface area contributed by atoms with Gasteiger partial charge >= 0.3 is 0 Å². The number of hydrogen-bond donors (Lipinski definition) is 2. The molecule has 0 fully saturated rings. The molecule has 0 aliphatic rings. The zero-order chi connectivity index (χ0) is 22.2. The second-order valence-corrected chi connectivity index (χ2v) is 9.28. The van der Waals surface area contributed by atoms with E-state index < -0.39 is 0 Å². The third-order valence-corrected chi connectivity index (χ3v) is 6.96. The van der Waals surface area contributed by atoms with Crippen LogP contribution in [0.15, 0.2) is 119 Å². The lowest BCUT2D eigenvalue weighted by Crippen LogP contribution is -2.25. The quantitative estimate of drug-likeness (QED) is 0.248. The summed E-state index contributed by atoms with van der Waals surface area (Å²) in [6.07, 6.45) is 4.21. The van der Waals surface area contributed by atoms with Gasteiger partial charge in [0.15, 0.2) is 0 Å². The molecular formula is C28H28N2S2. The maximum absolute atomic E-state index is 3.81. The summed E-state index contributed by atoms with van der Waals surface area (Å²) >= 11 is 3.52. The van der Waals surface area contributed by atoms with Gasteiger partial charge in [-0.25, -0.2) is 0 Å². The van der Waals surface area contributed by atoms with Gasteiger partial charge in [-0.15, -0.1) is 23.5 Å². The van der Waals surface area contributed by atoms with E-state index in [1.54, 1.807) is 23.5 Å². The monoisotopic (exact) mass is 456 g/mol. The van der Waals surface area contributed by atoms with E-state index in [1.807, 2.05) is 0 Å². The zero-order valence-electron chi connectivity index (χ0n) is 18.4. The highest BCUT2D eigenvalue weighted by atomic mass is 32.2. The maximum Gasteiger partial charge on any atom is 0.0757 e. The average Bonchev–Trinajstić information content (AvgIpc) is 2.88. The molecule has 2 atom stereocenters. The lowest BCUT2D eigenvalue weighted by molar-refractivity contribution is 0.650. The van der Waals surface area contributed by atoms with E-state index in [9.17, 15) is 0 Å². The average molecular weight is 457 g/mol. The SMILES string of the molecule is CSc1ccc(NC(c2ccccc2)C(Nc2ccc(SC)cc2)c2ccccc2)cc1. The molecule has 0 saturated heterocycles. The Bertz CT molecular complexity index is 991. The summed E-state index contributed by atoms with van der Waals surface area (Å²) < 4.78 is 0. The van der Waals surface area contributed by atoms with Gasteiger partial charge in [-0.2, -0.15) is 0 Å². The van der Waals surface area contributed by atoms with Crippen LogP contribution in [0.2, 0.25) is 0 Å². The first-order chi connectivity index (χ1) is 15.8. The van der Waals surface area contributed by atoms with Crippen LogP contribution in [0.25, 0.3) is 0 Å². The van der Waals surface area contributed by atoms with Crippen molar-refractivity contribution in [2.75, 3.05) is 23.1 Å². The van der Waals surface area contributed by atoms with Crippen LogP contribution in [0.1, 0.15) is 23.2 Å². The summed E-state index contributed by atoms with van der Waals surface area (Å²) in [6.45, 7) is 0. The topological polar surface area (TPSA) is 24.1 Å². The van der Waals surface area contributed by atoms with Crippen LogP contribution >= 0.6 is 23.5 Å². The number of benzene rings is 4. The molecular weight excluding hydrogens is 428 g/mol. The molecule has 4 aromatic carbocycles. The van der Waals surface area contributed by atoms with Crippen molar-refractivity contribution in [2.45, 2.75) is 21.9 Å². The largest absolute Gasteiger partial charge is 0.376 e. The standard InChI is InChI=1S/C28H28N2S2/c1-31-25-17-13-23(14-18-25)29-27(21-9-5-3-6-10-21)28(22-11-7-4-8-12-22)30-24-15-19-26(32-2)20-16-24/h3-20,27-30H,1-2H3. The second-order valence-electron chi connectivity index (χ2n) is 7.52. The molecule has 0 saturated carbocycles. The van der Waals surface area contributed by atoms with E-state index >= 15 is 0 Å². The number of thioether (sulfide) groups is 2. The van der Waals surface area contributed by atoms with E-state index in [-0.39, 0.29) is 12.1 Å². The molecule has 162 valence electrons.